The van der Waals surface area contributed by atoms with Crippen molar-refractivity contribution in [3.63, 3.8) is 0 Å². The first-order valence-electron chi connectivity index (χ1n) is 6.28. The molecule has 0 aliphatic rings. The maximum Gasteiger partial charge on any atom is 0.224 e. The fourth-order valence-electron chi connectivity index (χ4n) is 1.56. The molecule has 0 spiro atoms. The molecule has 0 atom stereocenters. The fraction of sp³-hybridized carbons (Fsp3) is 0.286. The van der Waals surface area contributed by atoms with Crippen LogP contribution in [-0.4, -0.2) is 9.97 Å². The minimum Gasteiger partial charge on any atom is -0.438 e. The number of hydrogen-bond donors (Lipinski definition) is 2. The molecule has 5 nitrogen and oxygen atoms in total. The van der Waals surface area contributed by atoms with Crippen LogP contribution in [0.2, 0.25) is 0 Å². The van der Waals surface area contributed by atoms with E-state index in [0.717, 1.165) is 0 Å². The number of hydrogen-bond acceptors (Lipinski definition) is 5. The van der Waals surface area contributed by atoms with Crippen LogP contribution in [0, 0.1) is 5.82 Å². The van der Waals surface area contributed by atoms with E-state index in [1.165, 1.54) is 18.2 Å². The van der Waals surface area contributed by atoms with Gasteiger partial charge in [0.2, 0.25) is 5.88 Å². The van der Waals surface area contributed by atoms with Crippen LogP contribution in [0.4, 0.5) is 10.2 Å². The second kappa shape index (κ2) is 5.95. The summed E-state index contributed by atoms with van der Waals surface area (Å²) in [4.78, 5) is 8.67. The molecule has 1 heterocycles. The second-order valence-corrected chi connectivity index (χ2v) is 6.34. The lowest BCUT2D eigenvalue weighted by Crippen LogP contribution is -2.19. The summed E-state index contributed by atoms with van der Waals surface area (Å²) < 4.78 is 19.3. The van der Waals surface area contributed by atoms with Gasteiger partial charge in [0.25, 0.3) is 0 Å². The Bertz CT molecular complexity index is 658. The number of ether oxygens (including phenoxy) is 1. The van der Waals surface area contributed by atoms with E-state index < -0.39 is 0 Å². The third kappa shape index (κ3) is 3.89. The lowest BCUT2D eigenvalue weighted by molar-refractivity contribution is 0.443. The molecule has 7 heteroatoms. The van der Waals surface area contributed by atoms with Gasteiger partial charge in [0.15, 0.2) is 0 Å². The number of nitrogens with zero attached hydrogens (tertiary/aromatic N) is 2. The van der Waals surface area contributed by atoms with Gasteiger partial charge in [-0.1, -0.05) is 20.8 Å². The molecule has 0 saturated carbocycles. The standard InChI is InChI=1S/C14H16BrFN4O/c1-14(2,3)13-18-11(20-17)7-12(19-13)21-10-5-4-8(16)6-9(10)15/h4-7H,17H2,1-3H3,(H,18,19,20). The molecule has 0 unspecified atom stereocenters. The first-order valence-corrected chi connectivity index (χ1v) is 7.08. The van der Waals surface area contributed by atoms with Crippen LogP contribution in [0.3, 0.4) is 0 Å². The maximum absolute atomic E-state index is 13.1. The molecule has 0 aliphatic carbocycles. The van der Waals surface area contributed by atoms with Gasteiger partial charge in [-0.25, -0.2) is 15.2 Å². The summed E-state index contributed by atoms with van der Waals surface area (Å²) in [5.74, 6) is 6.89. The van der Waals surface area contributed by atoms with Crippen molar-refractivity contribution in [2.45, 2.75) is 26.2 Å². The molecule has 2 rings (SSSR count). The smallest absolute Gasteiger partial charge is 0.224 e. The number of rotatable bonds is 3. The Morgan fingerprint density at radius 3 is 2.52 bits per heavy atom. The highest BCUT2D eigenvalue weighted by molar-refractivity contribution is 9.10. The van der Waals surface area contributed by atoms with Crippen LogP contribution in [0.1, 0.15) is 26.6 Å². The minimum absolute atomic E-state index is 0.259. The van der Waals surface area contributed by atoms with E-state index >= 15 is 0 Å². The highest BCUT2D eigenvalue weighted by Gasteiger charge is 2.20. The predicted octanol–water partition coefficient (Wildman–Crippen LogP) is 3.75. The number of benzene rings is 1. The van der Waals surface area contributed by atoms with Gasteiger partial charge in [-0.3, -0.25) is 0 Å². The highest BCUT2D eigenvalue weighted by atomic mass is 79.9. The van der Waals surface area contributed by atoms with Gasteiger partial charge in [-0.15, -0.1) is 0 Å². The summed E-state index contributed by atoms with van der Waals surface area (Å²) in [6.45, 7) is 5.96. The van der Waals surface area contributed by atoms with E-state index in [2.05, 4.69) is 31.3 Å². The summed E-state index contributed by atoms with van der Waals surface area (Å²) >= 11 is 3.25. The fourth-order valence-corrected chi connectivity index (χ4v) is 1.99. The Morgan fingerprint density at radius 2 is 1.95 bits per heavy atom. The molecular formula is C14H16BrFN4O. The summed E-state index contributed by atoms with van der Waals surface area (Å²) in [5, 5.41) is 0. The van der Waals surface area contributed by atoms with E-state index in [-0.39, 0.29) is 11.2 Å². The highest BCUT2D eigenvalue weighted by Crippen LogP contribution is 2.31. The Labute approximate surface area is 130 Å². The van der Waals surface area contributed by atoms with E-state index in [0.29, 0.717) is 27.7 Å². The van der Waals surface area contributed by atoms with Crippen LogP contribution in [0.5, 0.6) is 11.6 Å². The number of nitrogens with one attached hydrogen (secondary N) is 1. The maximum atomic E-state index is 13.1. The van der Waals surface area contributed by atoms with E-state index in [1.54, 1.807) is 6.07 Å². The van der Waals surface area contributed by atoms with Gasteiger partial charge in [0.05, 0.1) is 4.47 Å². The van der Waals surface area contributed by atoms with Crippen LogP contribution < -0.4 is 16.0 Å². The Hall–Kier alpha value is -1.73. The van der Waals surface area contributed by atoms with Crippen molar-refractivity contribution < 1.29 is 9.13 Å². The van der Waals surface area contributed by atoms with Crippen LogP contribution >= 0.6 is 15.9 Å². The van der Waals surface area contributed by atoms with Gasteiger partial charge in [-0.2, -0.15) is 4.98 Å². The lowest BCUT2D eigenvalue weighted by atomic mass is 9.96. The van der Waals surface area contributed by atoms with Crippen molar-refractivity contribution in [2.24, 2.45) is 5.84 Å². The van der Waals surface area contributed by atoms with Gasteiger partial charge in [-0.05, 0) is 34.1 Å². The Morgan fingerprint density at radius 1 is 1.24 bits per heavy atom. The summed E-state index contributed by atoms with van der Waals surface area (Å²) in [6.07, 6.45) is 0. The van der Waals surface area contributed by atoms with Crippen molar-refractivity contribution in [3.8, 4) is 11.6 Å². The third-order valence-electron chi connectivity index (χ3n) is 2.63. The second-order valence-electron chi connectivity index (χ2n) is 5.49. The van der Waals surface area contributed by atoms with Gasteiger partial charge >= 0.3 is 0 Å². The summed E-state index contributed by atoms with van der Waals surface area (Å²) in [6, 6.07) is 5.73. The van der Waals surface area contributed by atoms with Crippen LogP contribution in [0.15, 0.2) is 28.7 Å². The quantitative estimate of drug-likeness (QED) is 0.648. The van der Waals surface area contributed by atoms with Gasteiger partial charge in [0.1, 0.15) is 23.2 Å². The molecule has 0 fully saturated rings. The van der Waals surface area contributed by atoms with Gasteiger partial charge < -0.3 is 10.2 Å². The molecule has 0 saturated heterocycles. The van der Waals surface area contributed by atoms with Crippen LogP contribution in [-0.2, 0) is 5.41 Å². The molecule has 0 aliphatic heterocycles. The molecule has 0 radical (unpaired) electrons. The van der Waals surface area contributed by atoms with E-state index in [9.17, 15) is 4.39 Å². The lowest BCUT2D eigenvalue weighted by Gasteiger charge is -2.18. The molecule has 0 bridgehead atoms. The molecule has 112 valence electrons. The average Bonchev–Trinajstić information content (AvgIpc) is 2.40. The molecular weight excluding hydrogens is 339 g/mol. The summed E-state index contributed by atoms with van der Waals surface area (Å²) in [5.41, 5.74) is 2.23. The Balaban J connectivity index is 2.39. The molecule has 2 aromatic rings. The number of nitrogen functional groups attached to an aromatic ring is 1. The minimum atomic E-state index is -0.350. The molecule has 1 aromatic carbocycles. The largest absolute Gasteiger partial charge is 0.438 e. The summed E-state index contributed by atoms with van der Waals surface area (Å²) in [7, 11) is 0. The zero-order valence-electron chi connectivity index (χ0n) is 11.9. The molecule has 21 heavy (non-hydrogen) atoms. The van der Waals surface area contributed by atoms with Gasteiger partial charge in [0, 0.05) is 11.5 Å². The zero-order chi connectivity index (χ0) is 15.6. The molecule has 1 aromatic heterocycles. The number of aromatic nitrogens is 2. The normalized spacial score (nSPS) is 11.3. The van der Waals surface area contributed by atoms with Crippen LogP contribution in [0.25, 0.3) is 0 Å². The number of anilines is 1. The monoisotopic (exact) mass is 354 g/mol. The average molecular weight is 355 g/mol. The number of halogens is 2. The van der Waals surface area contributed by atoms with Crippen molar-refractivity contribution in [2.75, 3.05) is 5.43 Å². The Kier molecular flexibility index (Phi) is 4.43. The van der Waals surface area contributed by atoms with Crippen molar-refractivity contribution in [1.29, 1.82) is 0 Å². The van der Waals surface area contributed by atoms with Crippen molar-refractivity contribution in [3.05, 3.63) is 40.4 Å². The van der Waals surface area contributed by atoms with Crippen molar-refractivity contribution >= 4 is 21.7 Å². The topological polar surface area (TPSA) is 73.1 Å². The third-order valence-corrected chi connectivity index (χ3v) is 3.25. The first-order chi connectivity index (χ1) is 9.79. The molecule has 0 amide bonds. The first kappa shape index (κ1) is 15.7. The van der Waals surface area contributed by atoms with Crippen molar-refractivity contribution in [1.82, 2.24) is 9.97 Å². The molecule has 3 N–H and O–H groups in total. The van der Waals surface area contributed by atoms with E-state index in [4.69, 9.17) is 10.6 Å². The number of nitrogens with two attached hydrogens (primary N) is 1. The van der Waals surface area contributed by atoms with E-state index in [1.807, 2.05) is 20.8 Å². The SMILES string of the molecule is CC(C)(C)c1nc(NN)cc(Oc2ccc(F)cc2Br)n1. The zero-order valence-corrected chi connectivity index (χ0v) is 13.5. The predicted molar refractivity (Wildman–Crippen MR) is 82.7 cm³/mol. The number of hydrazine groups is 1.